The van der Waals surface area contributed by atoms with E-state index in [1.807, 2.05) is 0 Å². The zero-order valence-electron chi connectivity index (χ0n) is 11.8. The highest BCUT2D eigenvalue weighted by Gasteiger charge is 2.48. The summed E-state index contributed by atoms with van der Waals surface area (Å²) in [6, 6.07) is 4.74. The van der Waals surface area contributed by atoms with Crippen molar-refractivity contribution in [3.8, 4) is 0 Å². The molecule has 114 valence electrons. The number of hydrogen-bond acceptors (Lipinski definition) is 1. The van der Waals surface area contributed by atoms with Crippen molar-refractivity contribution in [2.75, 3.05) is 0 Å². The Morgan fingerprint density at radius 1 is 1.24 bits per heavy atom. The number of amides is 1. The molecule has 3 rings (SSSR count). The van der Waals surface area contributed by atoms with Gasteiger partial charge in [0.2, 0.25) is 5.91 Å². The fourth-order valence-electron chi connectivity index (χ4n) is 3.33. The van der Waals surface area contributed by atoms with Crippen LogP contribution in [0.2, 0.25) is 0 Å². The van der Waals surface area contributed by atoms with Gasteiger partial charge in [-0.2, -0.15) is 13.2 Å². The lowest BCUT2D eigenvalue weighted by atomic mass is 10.0. The second-order valence-electron chi connectivity index (χ2n) is 6.28. The number of hydrogen-bond donors (Lipinski definition) is 1. The molecule has 0 aromatic heterocycles. The van der Waals surface area contributed by atoms with Crippen molar-refractivity contribution in [3.05, 3.63) is 35.4 Å². The van der Waals surface area contributed by atoms with Crippen LogP contribution in [0.25, 0.3) is 0 Å². The van der Waals surface area contributed by atoms with Gasteiger partial charge in [0.1, 0.15) is 0 Å². The number of carbonyl (C=O) groups excluding carboxylic acids is 1. The van der Waals surface area contributed by atoms with Gasteiger partial charge < -0.3 is 5.32 Å². The van der Waals surface area contributed by atoms with Gasteiger partial charge >= 0.3 is 6.18 Å². The molecule has 0 saturated heterocycles. The van der Waals surface area contributed by atoms with Gasteiger partial charge in [0, 0.05) is 5.92 Å². The third kappa shape index (κ3) is 3.06. The van der Waals surface area contributed by atoms with Gasteiger partial charge in [-0.15, -0.1) is 0 Å². The molecule has 2 aliphatic carbocycles. The van der Waals surface area contributed by atoms with Crippen LogP contribution in [-0.4, -0.2) is 5.91 Å². The number of carbonyl (C=O) groups is 1. The van der Waals surface area contributed by atoms with Crippen LogP contribution in [0.3, 0.4) is 0 Å². The highest BCUT2D eigenvalue weighted by Crippen LogP contribution is 2.54. The fourth-order valence-corrected chi connectivity index (χ4v) is 3.33. The molecule has 5 heteroatoms. The van der Waals surface area contributed by atoms with E-state index in [1.54, 1.807) is 13.0 Å². The van der Waals surface area contributed by atoms with Crippen LogP contribution >= 0.6 is 0 Å². The van der Waals surface area contributed by atoms with Gasteiger partial charge in [-0.3, -0.25) is 4.79 Å². The lowest BCUT2D eigenvalue weighted by Gasteiger charge is -2.19. The molecule has 0 bridgehead atoms. The maximum atomic E-state index is 12.7. The van der Waals surface area contributed by atoms with Gasteiger partial charge in [0.25, 0.3) is 0 Å². The Kier molecular flexibility index (Phi) is 3.46. The van der Waals surface area contributed by atoms with Crippen molar-refractivity contribution in [1.29, 1.82) is 0 Å². The molecule has 0 aliphatic heterocycles. The summed E-state index contributed by atoms with van der Waals surface area (Å²) >= 11 is 0. The number of nitrogens with one attached hydrogen (secondary N) is 1. The van der Waals surface area contributed by atoms with Gasteiger partial charge in [-0.05, 0) is 55.7 Å². The fraction of sp³-hybridized carbons (Fsp3) is 0.562. The van der Waals surface area contributed by atoms with Crippen LogP contribution < -0.4 is 5.32 Å². The maximum absolute atomic E-state index is 12.7. The number of alkyl halides is 3. The van der Waals surface area contributed by atoms with Crippen molar-refractivity contribution in [2.24, 2.45) is 17.8 Å². The van der Waals surface area contributed by atoms with Crippen molar-refractivity contribution in [3.63, 3.8) is 0 Å². The van der Waals surface area contributed by atoms with Crippen LogP contribution in [-0.2, 0) is 11.0 Å². The van der Waals surface area contributed by atoms with E-state index in [2.05, 4.69) is 5.32 Å². The quantitative estimate of drug-likeness (QED) is 0.900. The summed E-state index contributed by atoms with van der Waals surface area (Å²) in [7, 11) is 0. The molecule has 0 radical (unpaired) electrons. The first-order chi connectivity index (χ1) is 9.84. The molecule has 2 nitrogen and oxygen atoms in total. The van der Waals surface area contributed by atoms with Gasteiger partial charge in [0.05, 0.1) is 11.6 Å². The second kappa shape index (κ2) is 5.04. The van der Waals surface area contributed by atoms with Gasteiger partial charge in [0.15, 0.2) is 0 Å². The average Bonchev–Trinajstić information content (AvgIpc) is 3.04. The van der Waals surface area contributed by atoms with Gasteiger partial charge in [-0.25, -0.2) is 0 Å². The molecule has 1 N–H and O–H groups in total. The minimum atomic E-state index is -4.35. The van der Waals surface area contributed by atoms with Crippen LogP contribution in [0.4, 0.5) is 13.2 Å². The molecule has 21 heavy (non-hydrogen) atoms. The Morgan fingerprint density at radius 3 is 2.52 bits per heavy atom. The second-order valence-corrected chi connectivity index (χ2v) is 6.28. The van der Waals surface area contributed by atoms with E-state index >= 15 is 0 Å². The summed E-state index contributed by atoms with van der Waals surface area (Å²) in [4.78, 5) is 12.1. The van der Waals surface area contributed by atoms with E-state index < -0.39 is 17.8 Å². The lowest BCUT2D eigenvalue weighted by molar-refractivity contribution is -0.137. The zero-order valence-corrected chi connectivity index (χ0v) is 11.8. The van der Waals surface area contributed by atoms with E-state index in [4.69, 9.17) is 0 Å². The molecular weight excluding hydrogens is 279 g/mol. The first-order valence-electron chi connectivity index (χ1n) is 7.32. The van der Waals surface area contributed by atoms with Crippen LogP contribution in [0, 0.1) is 17.8 Å². The zero-order chi connectivity index (χ0) is 15.2. The Bertz CT molecular complexity index is 545. The summed E-state index contributed by atoms with van der Waals surface area (Å²) in [6.07, 6.45) is -1.24. The largest absolute Gasteiger partial charge is 0.416 e. The normalized spacial score (nSPS) is 28.9. The molecule has 2 aliphatic rings. The Hall–Kier alpha value is -1.52. The summed E-state index contributed by atoms with van der Waals surface area (Å²) in [6.45, 7) is 1.73. The van der Waals surface area contributed by atoms with E-state index in [0.717, 1.165) is 25.0 Å². The Morgan fingerprint density at radius 2 is 1.90 bits per heavy atom. The molecule has 3 atom stereocenters. The first kappa shape index (κ1) is 14.4. The number of halogens is 3. The number of rotatable bonds is 3. The minimum absolute atomic E-state index is 0.0212. The van der Waals surface area contributed by atoms with E-state index in [1.165, 1.54) is 12.5 Å². The van der Waals surface area contributed by atoms with Crippen molar-refractivity contribution < 1.29 is 18.0 Å². The van der Waals surface area contributed by atoms with E-state index in [9.17, 15) is 18.0 Å². The summed E-state index contributed by atoms with van der Waals surface area (Å²) < 4.78 is 38.1. The minimum Gasteiger partial charge on any atom is -0.349 e. The lowest BCUT2D eigenvalue weighted by Crippen LogP contribution is -2.32. The van der Waals surface area contributed by atoms with Crippen molar-refractivity contribution in [2.45, 2.75) is 38.4 Å². The topological polar surface area (TPSA) is 29.1 Å². The molecule has 1 amide bonds. The molecule has 1 aromatic carbocycles. The third-order valence-corrected chi connectivity index (χ3v) is 4.69. The predicted molar refractivity (Wildman–Crippen MR) is 72.3 cm³/mol. The number of fused-ring (bicyclic) bond motifs is 1. The molecule has 1 aromatic rings. The standard InChI is InChI=1S/C16H18F3NO/c1-9(10-3-2-4-14(8-10)16(17,18)19)20-15(21)13-6-11-5-12(11)7-13/h2-4,8-9,11-13H,5-7H2,1H3,(H,20,21). The monoisotopic (exact) mass is 297 g/mol. The Balaban J connectivity index is 1.64. The van der Waals surface area contributed by atoms with Crippen LogP contribution in [0.1, 0.15) is 43.4 Å². The predicted octanol–water partition coefficient (Wildman–Crippen LogP) is 3.93. The van der Waals surface area contributed by atoms with Crippen LogP contribution in [0.5, 0.6) is 0 Å². The SMILES string of the molecule is CC(NC(=O)C1CC2CC2C1)c1cccc(C(F)(F)F)c1. The smallest absolute Gasteiger partial charge is 0.349 e. The number of benzene rings is 1. The van der Waals surface area contributed by atoms with Gasteiger partial charge in [-0.1, -0.05) is 12.1 Å². The van der Waals surface area contributed by atoms with E-state index in [0.29, 0.717) is 17.4 Å². The Labute approximate surface area is 121 Å². The highest BCUT2D eigenvalue weighted by molar-refractivity contribution is 5.79. The van der Waals surface area contributed by atoms with Crippen LogP contribution in [0.15, 0.2) is 24.3 Å². The molecule has 2 saturated carbocycles. The summed E-state index contributed by atoms with van der Waals surface area (Å²) in [5.41, 5.74) is -0.190. The molecule has 0 heterocycles. The molecule has 2 fully saturated rings. The van der Waals surface area contributed by atoms with E-state index in [-0.39, 0.29) is 11.8 Å². The third-order valence-electron chi connectivity index (χ3n) is 4.69. The van der Waals surface area contributed by atoms with Crippen molar-refractivity contribution >= 4 is 5.91 Å². The first-order valence-corrected chi connectivity index (χ1v) is 7.32. The highest BCUT2D eigenvalue weighted by atomic mass is 19.4. The summed E-state index contributed by atoms with van der Waals surface area (Å²) in [5, 5.41) is 2.85. The maximum Gasteiger partial charge on any atom is 0.416 e. The summed E-state index contributed by atoms with van der Waals surface area (Å²) in [5.74, 6) is 1.45. The molecule has 3 unspecified atom stereocenters. The average molecular weight is 297 g/mol. The van der Waals surface area contributed by atoms with Crippen molar-refractivity contribution in [1.82, 2.24) is 5.32 Å². The molecule has 0 spiro atoms. The molecular formula is C16H18F3NO.